The van der Waals surface area contributed by atoms with Crippen LogP contribution in [0, 0.1) is 6.92 Å². The van der Waals surface area contributed by atoms with Crippen molar-refractivity contribution >= 4 is 0 Å². The van der Waals surface area contributed by atoms with Crippen LogP contribution in [0.15, 0.2) is 47.1 Å². The zero-order valence-corrected chi connectivity index (χ0v) is 9.98. The number of hydrogen-bond donors (Lipinski definition) is 1. The molecular weight excluding hydrogens is 214 g/mol. The van der Waals surface area contributed by atoms with Gasteiger partial charge in [0.1, 0.15) is 18.1 Å². The van der Waals surface area contributed by atoms with Gasteiger partial charge in [0.25, 0.3) is 0 Å². The van der Waals surface area contributed by atoms with Gasteiger partial charge in [-0.1, -0.05) is 18.2 Å². The lowest BCUT2D eigenvalue weighted by atomic mass is 10.3. The zero-order valence-electron chi connectivity index (χ0n) is 9.98. The number of furan rings is 1. The highest BCUT2D eigenvalue weighted by molar-refractivity contribution is 5.20. The van der Waals surface area contributed by atoms with Crippen molar-refractivity contribution in [1.29, 1.82) is 0 Å². The molecule has 0 fully saturated rings. The molecule has 17 heavy (non-hydrogen) atoms. The van der Waals surface area contributed by atoms with Gasteiger partial charge in [0.2, 0.25) is 0 Å². The van der Waals surface area contributed by atoms with Crippen molar-refractivity contribution in [2.24, 2.45) is 0 Å². The SMILES string of the molecule is Cc1ccoc1CNCCOc1ccccc1. The molecule has 0 spiro atoms. The van der Waals surface area contributed by atoms with Crippen molar-refractivity contribution in [3.05, 3.63) is 54.0 Å². The maximum absolute atomic E-state index is 5.56. The van der Waals surface area contributed by atoms with Gasteiger partial charge in [0, 0.05) is 6.54 Å². The molecule has 0 unspecified atom stereocenters. The average molecular weight is 231 g/mol. The molecule has 1 heterocycles. The van der Waals surface area contributed by atoms with E-state index >= 15 is 0 Å². The quantitative estimate of drug-likeness (QED) is 0.776. The zero-order chi connectivity index (χ0) is 11.9. The summed E-state index contributed by atoms with van der Waals surface area (Å²) in [6, 6.07) is 11.8. The lowest BCUT2D eigenvalue weighted by Gasteiger charge is -2.06. The molecule has 1 aromatic heterocycles. The molecule has 0 aliphatic rings. The van der Waals surface area contributed by atoms with E-state index in [1.54, 1.807) is 6.26 Å². The van der Waals surface area contributed by atoms with Gasteiger partial charge in [-0.3, -0.25) is 0 Å². The van der Waals surface area contributed by atoms with Crippen molar-refractivity contribution in [2.45, 2.75) is 13.5 Å². The first-order valence-corrected chi connectivity index (χ1v) is 5.78. The highest BCUT2D eigenvalue weighted by Gasteiger charge is 2.00. The standard InChI is InChI=1S/C14H17NO2/c1-12-7-9-17-14(12)11-15-8-10-16-13-5-3-2-4-6-13/h2-7,9,15H,8,10-11H2,1H3. The highest BCUT2D eigenvalue weighted by Crippen LogP contribution is 2.08. The summed E-state index contributed by atoms with van der Waals surface area (Å²) in [5.41, 5.74) is 1.18. The molecule has 0 bridgehead atoms. The van der Waals surface area contributed by atoms with Gasteiger partial charge in [-0.25, -0.2) is 0 Å². The normalized spacial score (nSPS) is 10.4. The minimum atomic E-state index is 0.657. The molecule has 3 nitrogen and oxygen atoms in total. The van der Waals surface area contributed by atoms with E-state index in [4.69, 9.17) is 9.15 Å². The molecule has 0 atom stereocenters. The number of rotatable bonds is 6. The Hall–Kier alpha value is -1.74. The lowest BCUT2D eigenvalue weighted by Crippen LogP contribution is -2.20. The fourth-order valence-electron chi connectivity index (χ4n) is 1.54. The molecule has 90 valence electrons. The Labute approximate surface area is 101 Å². The largest absolute Gasteiger partial charge is 0.492 e. The van der Waals surface area contributed by atoms with E-state index in [0.29, 0.717) is 6.61 Å². The third kappa shape index (κ3) is 3.64. The summed E-state index contributed by atoms with van der Waals surface area (Å²) >= 11 is 0. The van der Waals surface area contributed by atoms with Crippen molar-refractivity contribution in [2.75, 3.05) is 13.2 Å². The van der Waals surface area contributed by atoms with Crippen LogP contribution in [0.4, 0.5) is 0 Å². The summed E-state index contributed by atoms with van der Waals surface area (Å²) in [5, 5.41) is 3.28. The van der Waals surface area contributed by atoms with E-state index in [9.17, 15) is 0 Å². The minimum absolute atomic E-state index is 0.657. The van der Waals surface area contributed by atoms with E-state index in [1.165, 1.54) is 5.56 Å². The summed E-state index contributed by atoms with van der Waals surface area (Å²) in [7, 11) is 0. The predicted molar refractivity (Wildman–Crippen MR) is 67.1 cm³/mol. The number of para-hydroxylation sites is 1. The first-order chi connectivity index (χ1) is 8.36. The topological polar surface area (TPSA) is 34.4 Å². The van der Waals surface area contributed by atoms with E-state index in [2.05, 4.69) is 5.32 Å². The number of benzene rings is 1. The van der Waals surface area contributed by atoms with Crippen LogP contribution < -0.4 is 10.1 Å². The van der Waals surface area contributed by atoms with E-state index in [1.807, 2.05) is 43.3 Å². The van der Waals surface area contributed by atoms with Gasteiger partial charge in [-0.05, 0) is 30.7 Å². The molecule has 3 heteroatoms. The van der Waals surface area contributed by atoms with Crippen LogP contribution in [0.3, 0.4) is 0 Å². The van der Waals surface area contributed by atoms with Crippen LogP contribution in [-0.2, 0) is 6.54 Å². The Bertz CT molecular complexity index is 436. The average Bonchev–Trinajstić information content (AvgIpc) is 2.76. The van der Waals surface area contributed by atoms with Crippen molar-refractivity contribution < 1.29 is 9.15 Å². The monoisotopic (exact) mass is 231 g/mol. The lowest BCUT2D eigenvalue weighted by molar-refractivity contribution is 0.311. The molecule has 1 N–H and O–H groups in total. The number of nitrogens with one attached hydrogen (secondary N) is 1. The molecule has 0 saturated carbocycles. The van der Waals surface area contributed by atoms with Crippen LogP contribution in [0.2, 0.25) is 0 Å². The molecule has 2 rings (SSSR count). The fourth-order valence-corrected chi connectivity index (χ4v) is 1.54. The summed E-state index contributed by atoms with van der Waals surface area (Å²) in [6.45, 7) is 4.25. The summed E-state index contributed by atoms with van der Waals surface area (Å²) in [5.74, 6) is 1.90. The smallest absolute Gasteiger partial charge is 0.120 e. The Kier molecular flexibility index (Phi) is 4.22. The number of hydrogen-bond acceptors (Lipinski definition) is 3. The van der Waals surface area contributed by atoms with Gasteiger partial charge in [0.05, 0.1) is 12.8 Å². The molecule has 0 radical (unpaired) electrons. The van der Waals surface area contributed by atoms with E-state index in [0.717, 1.165) is 24.6 Å². The van der Waals surface area contributed by atoms with Crippen molar-refractivity contribution in [1.82, 2.24) is 5.32 Å². The van der Waals surface area contributed by atoms with Gasteiger partial charge < -0.3 is 14.5 Å². The Balaban J connectivity index is 1.63. The maximum Gasteiger partial charge on any atom is 0.120 e. The number of ether oxygens (including phenoxy) is 1. The first-order valence-electron chi connectivity index (χ1n) is 5.78. The second-order valence-electron chi connectivity index (χ2n) is 3.87. The Morgan fingerprint density at radius 2 is 2.00 bits per heavy atom. The Morgan fingerprint density at radius 1 is 1.18 bits per heavy atom. The summed E-state index contributed by atoms with van der Waals surface area (Å²) in [4.78, 5) is 0. The second kappa shape index (κ2) is 6.11. The van der Waals surface area contributed by atoms with Gasteiger partial charge in [0.15, 0.2) is 0 Å². The maximum atomic E-state index is 5.56. The second-order valence-corrected chi connectivity index (χ2v) is 3.87. The third-order valence-corrected chi connectivity index (χ3v) is 2.54. The van der Waals surface area contributed by atoms with Gasteiger partial charge in [-0.2, -0.15) is 0 Å². The van der Waals surface area contributed by atoms with E-state index in [-0.39, 0.29) is 0 Å². The number of aryl methyl sites for hydroxylation is 1. The Morgan fingerprint density at radius 3 is 2.71 bits per heavy atom. The van der Waals surface area contributed by atoms with Gasteiger partial charge >= 0.3 is 0 Å². The molecule has 0 aliphatic heterocycles. The van der Waals surface area contributed by atoms with Crippen LogP contribution in [0.5, 0.6) is 5.75 Å². The van der Waals surface area contributed by atoms with Crippen LogP contribution in [0.25, 0.3) is 0 Å². The summed E-state index contributed by atoms with van der Waals surface area (Å²) in [6.07, 6.45) is 1.72. The minimum Gasteiger partial charge on any atom is -0.492 e. The van der Waals surface area contributed by atoms with Crippen LogP contribution in [-0.4, -0.2) is 13.2 Å². The fraction of sp³-hybridized carbons (Fsp3) is 0.286. The molecular formula is C14H17NO2. The molecule has 1 aromatic carbocycles. The molecule has 0 aliphatic carbocycles. The van der Waals surface area contributed by atoms with Crippen LogP contribution in [0.1, 0.15) is 11.3 Å². The van der Waals surface area contributed by atoms with Crippen molar-refractivity contribution in [3.63, 3.8) is 0 Å². The highest BCUT2D eigenvalue weighted by atomic mass is 16.5. The third-order valence-electron chi connectivity index (χ3n) is 2.54. The first kappa shape index (κ1) is 11.7. The van der Waals surface area contributed by atoms with Crippen molar-refractivity contribution in [3.8, 4) is 5.75 Å². The van der Waals surface area contributed by atoms with Gasteiger partial charge in [-0.15, -0.1) is 0 Å². The molecule has 0 amide bonds. The van der Waals surface area contributed by atoms with Crippen LogP contribution >= 0.6 is 0 Å². The molecule has 2 aromatic rings. The van der Waals surface area contributed by atoms with E-state index < -0.39 is 0 Å². The summed E-state index contributed by atoms with van der Waals surface area (Å²) < 4.78 is 10.9. The molecule has 0 saturated heterocycles. The predicted octanol–water partition coefficient (Wildman–Crippen LogP) is 2.76.